The summed E-state index contributed by atoms with van der Waals surface area (Å²) in [6, 6.07) is 28.5. The van der Waals surface area contributed by atoms with Gasteiger partial charge in [0.25, 0.3) is 0 Å². The van der Waals surface area contributed by atoms with Gasteiger partial charge in [-0.2, -0.15) is 18.3 Å². The third-order valence-corrected chi connectivity index (χ3v) is 7.91. The van der Waals surface area contributed by atoms with E-state index in [0.717, 1.165) is 51.5 Å². The number of nitrogens with zero attached hydrogens (tertiary/aromatic N) is 2. The first-order valence-electron chi connectivity index (χ1n) is 14.4. The molecule has 1 aliphatic rings. The number of rotatable bonds is 11. The zero-order chi connectivity index (χ0) is 30.0. The summed E-state index contributed by atoms with van der Waals surface area (Å²) in [4.78, 5) is 0. The van der Waals surface area contributed by atoms with E-state index < -0.39 is 11.9 Å². The van der Waals surface area contributed by atoms with Crippen LogP contribution >= 0.6 is 0 Å². The molecule has 9 heteroatoms. The number of hydrogen-bond donors (Lipinski definition) is 3. The van der Waals surface area contributed by atoms with Gasteiger partial charge in [-0.3, -0.25) is 0 Å². The van der Waals surface area contributed by atoms with Crippen LogP contribution in [-0.4, -0.2) is 23.4 Å². The van der Waals surface area contributed by atoms with Gasteiger partial charge in [0.2, 0.25) is 0 Å². The summed E-state index contributed by atoms with van der Waals surface area (Å²) in [7, 11) is 1.68. The standard InChI is InChI=1S/C34H34F3N5O/c1-43-31-15-14-30(28-10-2-3-11-29(28)31)33(40-20-22-12-13-22)24-7-5-8-25(17-24)39-21-27-18-32(34(35,36)37)41-42(27)26-9-4-6-23(16-26)19-38/h2-11,14-18,22,33,39-40H,12-13,19-21,38H2,1H3. The number of anilines is 1. The smallest absolute Gasteiger partial charge is 0.435 e. The van der Waals surface area contributed by atoms with Crippen LogP contribution in [-0.2, 0) is 19.3 Å². The van der Waals surface area contributed by atoms with Crippen molar-refractivity contribution in [2.45, 2.75) is 38.1 Å². The third kappa shape index (κ3) is 6.38. The molecule has 6 rings (SSSR count). The van der Waals surface area contributed by atoms with Gasteiger partial charge >= 0.3 is 6.18 Å². The van der Waals surface area contributed by atoms with Crippen molar-refractivity contribution in [3.05, 3.63) is 119 Å². The van der Waals surface area contributed by atoms with Gasteiger partial charge in [0, 0.05) is 17.6 Å². The Hall–Kier alpha value is -4.34. The maximum atomic E-state index is 13.7. The number of nitrogens with one attached hydrogen (secondary N) is 2. The molecule has 1 fully saturated rings. The first-order chi connectivity index (χ1) is 20.8. The van der Waals surface area contributed by atoms with Crippen LogP contribution in [0.5, 0.6) is 5.75 Å². The van der Waals surface area contributed by atoms with Crippen molar-refractivity contribution in [1.29, 1.82) is 0 Å². The minimum Gasteiger partial charge on any atom is -0.496 e. The maximum Gasteiger partial charge on any atom is 0.435 e. The van der Waals surface area contributed by atoms with Crippen molar-refractivity contribution in [2.24, 2.45) is 11.7 Å². The molecule has 4 N–H and O–H groups in total. The number of ether oxygens (including phenoxy) is 1. The van der Waals surface area contributed by atoms with Crippen LogP contribution in [0.15, 0.2) is 91.0 Å². The second-order valence-electron chi connectivity index (χ2n) is 11.0. The molecule has 4 aromatic carbocycles. The summed E-state index contributed by atoms with van der Waals surface area (Å²) in [5.74, 6) is 1.50. The maximum absolute atomic E-state index is 13.7. The molecule has 0 radical (unpaired) electrons. The molecule has 0 aliphatic heterocycles. The molecule has 222 valence electrons. The Labute approximate surface area is 248 Å². The molecule has 0 amide bonds. The quantitative estimate of drug-likeness (QED) is 0.153. The van der Waals surface area contributed by atoms with Gasteiger partial charge in [-0.05, 0) is 83.8 Å². The highest BCUT2D eigenvalue weighted by molar-refractivity contribution is 5.91. The highest BCUT2D eigenvalue weighted by Gasteiger charge is 2.35. The second-order valence-corrected chi connectivity index (χ2v) is 11.0. The lowest BCUT2D eigenvalue weighted by Crippen LogP contribution is -2.25. The molecule has 0 spiro atoms. The lowest BCUT2D eigenvalue weighted by molar-refractivity contribution is -0.141. The number of alkyl halides is 3. The van der Waals surface area contributed by atoms with E-state index in [2.05, 4.69) is 46.1 Å². The first kappa shape index (κ1) is 28.8. The molecule has 0 bridgehead atoms. The van der Waals surface area contributed by atoms with E-state index in [0.29, 0.717) is 17.3 Å². The van der Waals surface area contributed by atoms with E-state index in [1.807, 2.05) is 36.4 Å². The minimum absolute atomic E-state index is 0.0838. The third-order valence-electron chi connectivity index (χ3n) is 7.91. The number of hydrogen-bond acceptors (Lipinski definition) is 5. The topological polar surface area (TPSA) is 77.1 Å². The molecule has 1 saturated carbocycles. The lowest BCUT2D eigenvalue weighted by atomic mass is 9.92. The van der Waals surface area contributed by atoms with Gasteiger partial charge in [0.15, 0.2) is 5.69 Å². The fourth-order valence-corrected chi connectivity index (χ4v) is 5.48. The van der Waals surface area contributed by atoms with Gasteiger partial charge < -0.3 is 21.1 Å². The molecular formula is C34H34F3N5O. The molecule has 1 unspecified atom stereocenters. The molecule has 1 aromatic heterocycles. The van der Waals surface area contributed by atoms with Gasteiger partial charge in [-0.25, -0.2) is 4.68 Å². The average molecular weight is 586 g/mol. The van der Waals surface area contributed by atoms with Gasteiger partial charge in [0.1, 0.15) is 5.75 Å². The molecule has 1 aliphatic carbocycles. The highest BCUT2D eigenvalue weighted by Crippen LogP contribution is 2.36. The van der Waals surface area contributed by atoms with Crippen LogP contribution in [0.1, 0.15) is 47.0 Å². The van der Waals surface area contributed by atoms with Gasteiger partial charge in [0.05, 0.1) is 31.1 Å². The van der Waals surface area contributed by atoms with Crippen LogP contribution in [0.25, 0.3) is 16.5 Å². The van der Waals surface area contributed by atoms with E-state index in [4.69, 9.17) is 10.5 Å². The van der Waals surface area contributed by atoms with Crippen molar-refractivity contribution >= 4 is 16.5 Å². The van der Waals surface area contributed by atoms with E-state index in [1.54, 1.807) is 25.3 Å². The highest BCUT2D eigenvalue weighted by atomic mass is 19.4. The summed E-state index contributed by atoms with van der Waals surface area (Å²) in [5.41, 5.74) is 9.56. The molecule has 6 nitrogen and oxygen atoms in total. The van der Waals surface area contributed by atoms with Crippen molar-refractivity contribution < 1.29 is 17.9 Å². The number of fused-ring (bicyclic) bond motifs is 1. The monoisotopic (exact) mass is 585 g/mol. The van der Waals surface area contributed by atoms with Crippen LogP contribution < -0.4 is 21.1 Å². The Morgan fingerprint density at radius 3 is 2.49 bits per heavy atom. The number of aromatic nitrogens is 2. The Balaban J connectivity index is 1.32. The Morgan fingerprint density at radius 2 is 1.74 bits per heavy atom. The number of methoxy groups -OCH3 is 1. The SMILES string of the molecule is COc1ccc(C(NCC2CC2)c2cccc(NCc3cc(C(F)(F)F)nn3-c3cccc(CN)c3)c2)c2ccccc12. The van der Waals surface area contributed by atoms with Gasteiger partial charge in [-0.15, -0.1) is 0 Å². The van der Waals surface area contributed by atoms with Crippen molar-refractivity contribution in [3.8, 4) is 11.4 Å². The predicted octanol–water partition coefficient (Wildman–Crippen LogP) is 7.21. The van der Waals surface area contributed by atoms with E-state index >= 15 is 0 Å². The summed E-state index contributed by atoms with van der Waals surface area (Å²) in [5, 5.41) is 13.2. The van der Waals surface area contributed by atoms with Crippen molar-refractivity contribution in [3.63, 3.8) is 0 Å². The minimum atomic E-state index is -4.56. The molecule has 43 heavy (non-hydrogen) atoms. The summed E-state index contributed by atoms with van der Waals surface area (Å²) >= 11 is 0. The molecule has 5 aromatic rings. The van der Waals surface area contributed by atoms with E-state index in [-0.39, 0.29) is 19.1 Å². The largest absolute Gasteiger partial charge is 0.496 e. The lowest BCUT2D eigenvalue weighted by Gasteiger charge is -2.23. The Morgan fingerprint density at radius 1 is 0.953 bits per heavy atom. The zero-order valence-corrected chi connectivity index (χ0v) is 23.9. The van der Waals surface area contributed by atoms with Crippen LogP contribution in [0.4, 0.5) is 18.9 Å². The number of benzene rings is 4. The van der Waals surface area contributed by atoms with Crippen molar-refractivity contribution in [2.75, 3.05) is 19.0 Å². The molecular weight excluding hydrogens is 551 g/mol. The Kier molecular flexibility index (Phi) is 8.10. The number of halogens is 3. The van der Waals surface area contributed by atoms with Crippen LogP contribution in [0.3, 0.4) is 0 Å². The molecule has 0 saturated heterocycles. The average Bonchev–Trinajstić information content (AvgIpc) is 3.75. The molecule has 1 heterocycles. The fourth-order valence-electron chi connectivity index (χ4n) is 5.48. The van der Waals surface area contributed by atoms with Crippen molar-refractivity contribution in [1.82, 2.24) is 15.1 Å². The zero-order valence-electron chi connectivity index (χ0n) is 23.9. The number of nitrogens with two attached hydrogens (primary N) is 1. The predicted molar refractivity (Wildman–Crippen MR) is 163 cm³/mol. The fraction of sp³-hybridized carbons (Fsp3) is 0.265. The normalized spacial score (nSPS) is 14.2. The first-order valence-corrected chi connectivity index (χ1v) is 14.4. The second kappa shape index (κ2) is 12.1. The Bertz CT molecular complexity index is 1730. The molecule has 1 atom stereocenters. The van der Waals surface area contributed by atoms with E-state index in [1.165, 1.54) is 17.5 Å². The summed E-state index contributed by atoms with van der Waals surface area (Å²) in [6.45, 7) is 1.33. The summed E-state index contributed by atoms with van der Waals surface area (Å²) in [6.07, 6.45) is -2.11. The van der Waals surface area contributed by atoms with Crippen LogP contribution in [0, 0.1) is 5.92 Å². The summed E-state index contributed by atoms with van der Waals surface area (Å²) < 4.78 is 48.0. The van der Waals surface area contributed by atoms with Gasteiger partial charge in [-0.1, -0.05) is 54.6 Å². The van der Waals surface area contributed by atoms with E-state index in [9.17, 15) is 13.2 Å². The van der Waals surface area contributed by atoms with Crippen LogP contribution in [0.2, 0.25) is 0 Å².